The smallest absolute Gasteiger partial charge is 0.0598 e. The van der Waals surface area contributed by atoms with Crippen LogP contribution in [0, 0.1) is 189 Å². The van der Waals surface area contributed by atoms with Gasteiger partial charge < -0.3 is 40.9 Å². The Morgan fingerprint density at radius 3 is 1.15 bits per heavy atom. The number of hydrogen-bond donors (Lipinski definition) is 8. The molecule has 8 aliphatic rings. The zero-order valence-corrected chi connectivity index (χ0v) is 75.6. The van der Waals surface area contributed by atoms with Crippen LogP contribution in [0.3, 0.4) is 0 Å². The zero-order chi connectivity index (χ0) is 80.1. The van der Waals surface area contributed by atoms with E-state index in [9.17, 15) is 40.9 Å². The van der Waals surface area contributed by atoms with Crippen molar-refractivity contribution in [1.29, 1.82) is 0 Å². The third-order valence-electron chi connectivity index (χ3n) is 29.8. The first kappa shape index (κ1) is 102. The molecule has 8 rings (SSSR count). The summed E-state index contributed by atoms with van der Waals surface area (Å²) in [7, 11) is 0. The van der Waals surface area contributed by atoms with Gasteiger partial charge in [-0.2, -0.15) is 0 Å². The van der Waals surface area contributed by atoms with Crippen LogP contribution < -0.4 is 0 Å². The van der Waals surface area contributed by atoms with Gasteiger partial charge in [0.15, 0.2) is 0 Å². The number of aliphatic hydroxyl groups is 8. The van der Waals surface area contributed by atoms with Crippen molar-refractivity contribution in [3.8, 4) is 0 Å². The molecule has 0 amide bonds. The second kappa shape index (κ2) is 51.4. The SMILES string of the molecule is CC(C)CC1C(C)CC(O)CC1C.CC(C)CC1CC(C)C(C)C(O)C1.CC(C)CC1CC(C)C(O)C(C)C1.CC(C)CC1CC(C)C(O)CC1C.CC(C)CC1CCC(O)C(C)C1C.CCC(C)C1C(C)CC(C)CC1O.CCC(C)C1C(C)CCC(C)C1O.CCC(C)C1C(O)CCC(C)C1C. The van der Waals surface area contributed by atoms with Crippen LogP contribution in [0.5, 0.6) is 0 Å². The first-order valence-corrected chi connectivity index (χ1v) is 45.7. The van der Waals surface area contributed by atoms with Crippen LogP contribution in [0.2, 0.25) is 0 Å². The summed E-state index contributed by atoms with van der Waals surface area (Å²) in [5, 5.41) is 78.7. The van der Waals surface area contributed by atoms with Gasteiger partial charge in [-0.25, -0.2) is 0 Å². The Balaban J connectivity index is 0.000000594. The zero-order valence-electron chi connectivity index (χ0n) is 75.6. The highest BCUT2D eigenvalue weighted by molar-refractivity contribution is 4.91. The van der Waals surface area contributed by atoms with E-state index >= 15 is 0 Å². The Hall–Kier alpha value is -0.320. The quantitative estimate of drug-likeness (QED) is 0.0758. The number of hydrogen-bond acceptors (Lipinski definition) is 8. The van der Waals surface area contributed by atoms with Crippen LogP contribution in [-0.2, 0) is 0 Å². The van der Waals surface area contributed by atoms with Gasteiger partial charge >= 0.3 is 0 Å². The number of aliphatic hydroxyl groups excluding tert-OH is 8. The Labute approximate surface area is 651 Å². The van der Waals surface area contributed by atoms with E-state index in [0.29, 0.717) is 124 Å². The normalized spacial score (nSPS) is 41.9. The monoisotopic (exact) mass is 1470 g/mol. The van der Waals surface area contributed by atoms with Gasteiger partial charge in [0.2, 0.25) is 0 Å². The molecule has 31 atom stereocenters. The van der Waals surface area contributed by atoms with Crippen LogP contribution in [0.1, 0.15) is 376 Å². The molecule has 104 heavy (non-hydrogen) atoms. The molecule has 624 valence electrons. The third kappa shape index (κ3) is 36.2. The lowest BCUT2D eigenvalue weighted by Gasteiger charge is -2.41. The molecule has 0 heterocycles. The highest BCUT2D eigenvalue weighted by Gasteiger charge is 2.41. The maximum atomic E-state index is 10.1. The van der Waals surface area contributed by atoms with Crippen molar-refractivity contribution in [2.24, 2.45) is 189 Å². The van der Waals surface area contributed by atoms with Crippen molar-refractivity contribution < 1.29 is 40.9 Å². The predicted octanol–water partition coefficient (Wildman–Crippen LogP) is 24.6. The summed E-state index contributed by atoms with van der Waals surface area (Å²) >= 11 is 0. The molecule has 0 radical (unpaired) electrons. The Morgan fingerprint density at radius 2 is 0.683 bits per heavy atom. The molecule has 8 N–H and O–H groups in total. The minimum atomic E-state index is -0.0568. The third-order valence-corrected chi connectivity index (χ3v) is 29.8. The fourth-order valence-corrected chi connectivity index (χ4v) is 22.2. The largest absolute Gasteiger partial charge is 0.393 e. The van der Waals surface area contributed by atoms with Crippen molar-refractivity contribution in [3.63, 3.8) is 0 Å². The van der Waals surface area contributed by atoms with Crippen molar-refractivity contribution in [1.82, 2.24) is 0 Å². The van der Waals surface area contributed by atoms with Gasteiger partial charge in [0.05, 0.1) is 48.8 Å². The molecule has 0 saturated heterocycles. The molecular weight excluding hydrogens is 1280 g/mol. The van der Waals surface area contributed by atoms with Gasteiger partial charge in [-0.05, 0) is 324 Å². The minimum Gasteiger partial charge on any atom is -0.393 e. The van der Waals surface area contributed by atoms with Gasteiger partial charge in [0, 0.05) is 0 Å². The lowest BCUT2D eigenvalue weighted by molar-refractivity contribution is -0.0286. The molecule has 0 bridgehead atoms. The molecule has 8 heteroatoms. The van der Waals surface area contributed by atoms with E-state index in [2.05, 4.69) is 222 Å². The molecule has 0 aromatic rings. The van der Waals surface area contributed by atoms with Crippen LogP contribution in [0.4, 0.5) is 0 Å². The van der Waals surface area contributed by atoms with Crippen molar-refractivity contribution >= 4 is 0 Å². The van der Waals surface area contributed by atoms with Gasteiger partial charge in [-0.3, -0.25) is 0 Å². The van der Waals surface area contributed by atoms with Crippen LogP contribution in [-0.4, -0.2) is 89.7 Å². The average Bonchev–Trinajstić information content (AvgIpc) is 0.844. The van der Waals surface area contributed by atoms with E-state index in [1.54, 1.807) is 0 Å². The van der Waals surface area contributed by atoms with E-state index in [-0.39, 0.29) is 48.8 Å². The van der Waals surface area contributed by atoms with Crippen LogP contribution in [0.15, 0.2) is 0 Å². The molecular formula is C96H192O8. The molecule has 8 aliphatic carbocycles. The summed E-state index contributed by atoms with van der Waals surface area (Å²) in [4.78, 5) is 0. The highest BCUT2D eigenvalue weighted by Crippen LogP contribution is 2.45. The highest BCUT2D eigenvalue weighted by atomic mass is 16.3. The molecule has 0 aromatic heterocycles. The fourth-order valence-electron chi connectivity index (χ4n) is 22.2. The van der Waals surface area contributed by atoms with E-state index in [0.717, 1.165) is 110 Å². The summed E-state index contributed by atoms with van der Waals surface area (Å²) in [6.07, 6.45) is 28.2. The van der Waals surface area contributed by atoms with E-state index < -0.39 is 0 Å². The molecule has 0 aromatic carbocycles. The minimum absolute atomic E-state index is 0.0339. The maximum Gasteiger partial charge on any atom is 0.0598 e. The van der Waals surface area contributed by atoms with Gasteiger partial charge in [-0.15, -0.1) is 0 Å². The fraction of sp³-hybridized carbons (Fsp3) is 1.00. The van der Waals surface area contributed by atoms with Crippen molar-refractivity contribution in [3.05, 3.63) is 0 Å². The van der Waals surface area contributed by atoms with Gasteiger partial charge in [-0.1, -0.05) is 241 Å². The first-order chi connectivity index (χ1) is 48.2. The van der Waals surface area contributed by atoms with E-state index in [1.165, 1.54) is 109 Å². The number of rotatable bonds is 16. The van der Waals surface area contributed by atoms with Crippen molar-refractivity contribution in [2.75, 3.05) is 0 Å². The second-order valence-electron chi connectivity index (χ2n) is 41.8. The lowest BCUT2D eigenvalue weighted by Crippen LogP contribution is -2.40. The molecule has 0 spiro atoms. The van der Waals surface area contributed by atoms with E-state index in [4.69, 9.17) is 0 Å². The van der Waals surface area contributed by atoms with E-state index in [1.807, 2.05) is 0 Å². The predicted molar refractivity (Wildman–Crippen MR) is 452 cm³/mol. The second-order valence-corrected chi connectivity index (χ2v) is 41.8. The molecule has 8 saturated carbocycles. The Kier molecular flexibility index (Phi) is 50.3. The summed E-state index contributed by atoms with van der Waals surface area (Å²) < 4.78 is 0. The standard InChI is InChI=1S/8C12H24O/c1-8(2)5-11-6-10(4)12(13)7-9(11)3;1-8(2)5-11-6-9(3)10(4)12(13)7-11;1-8(2)5-12-9(3)6-11(13)7-10(12)4;1-8(2)5-11-6-9(3)12(13)10(4)7-11;1-8(2)7-11-5-6-12(13)10(4)9(11)3;1-5-9(3)12-10(4)6-8(2)7-11(12)13;1-5-8(2)12-10(4)9(3)6-7-11(12)13;1-5-8(2)11-9(3)6-7-10(4)12(11)13/h8*8-13H,5-7H2,1-4H3. The first-order valence-electron chi connectivity index (χ1n) is 45.7. The van der Waals surface area contributed by atoms with Crippen LogP contribution in [0.25, 0.3) is 0 Å². The van der Waals surface area contributed by atoms with Crippen LogP contribution >= 0.6 is 0 Å². The summed E-state index contributed by atoms with van der Waals surface area (Å²) in [6.45, 7) is 72.5. The van der Waals surface area contributed by atoms with Gasteiger partial charge in [0.25, 0.3) is 0 Å². The van der Waals surface area contributed by atoms with Crippen molar-refractivity contribution in [2.45, 2.75) is 424 Å². The summed E-state index contributed by atoms with van der Waals surface area (Å²) in [5.41, 5.74) is 0. The Morgan fingerprint density at radius 1 is 0.250 bits per heavy atom. The molecule has 0 aliphatic heterocycles. The van der Waals surface area contributed by atoms with Gasteiger partial charge in [0.1, 0.15) is 0 Å². The summed E-state index contributed by atoms with van der Waals surface area (Å²) in [5.74, 6) is 22.0. The summed E-state index contributed by atoms with van der Waals surface area (Å²) in [6, 6.07) is 0. The molecule has 8 nitrogen and oxygen atoms in total. The lowest BCUT2D eigenvalue weighted by atomic mass is 9.67. The molecule has 8 fully saturated rings. The topological polar surface area (TPSA) is 162 Å². The average molecular weight is 1470 g/mol. The Bertz CT molecular complexity index is 1960. The molecule has 31 unspecified atom stereocenters. The maximum absolute atomic E-state index is 10.1.